The molecule has 0 N–H and O–H groups in total. The number of benzene rings is 3. The minimum Gasteiger partial charge on any atom is -0.482 e. The maximum Gasteiger partial charge on any atom is 0.349 e. The Balaban J connectivity index is 1.41. The summed E-state index contributed by atoms with van der Waals surface area (Å²) in [5.41, 5.74) is 2.43. The second kappa shape index (κ2) is 11.2. The maximum absolute atomic E-state index is 12.1. The number of esters is 2. The van der Waals surface area contributed by atoms with Crippen LogP contribution in [0.2, 0.25) is 5.02 Å². The van der Waals surface area contributed by atoms with Crippen LogP contribution in [-0.2, 0) is 16.0 Å². The Bertz CT molecular complexity index is 1020. The highest BCUT2D eigenvalue weighted by molar-refractivity contribution is 6.30. The van der Waals surface area contributed by atoms with Crippen LogP contribution in [0.15, 0.2) is 72.8 Å². The van der Waals surface area contributed by atoms with Gasteiger partial charge in [-0.15, -0.1) is 0 Å². The van der Waals surface area contributed by atoms with E-state index >= 15 is 0 Å². The number of ether oxygens (including phenoxy) is 3. The molecule has 0 saturated carbocycles. The van der Waals surface area contributed by atoms with Crippen LogP contribution in [0.1, 0.15) is 27.9 Å². The monoisotopic (exact) mass is 438 g/mol. The third kappa shape index (κ3) is 7.15. The summed E-state index contributed by atoms with van der Waals surface area (Å²) in [5.74, 6) is -0.0770. The molecule has 0 aliphatic rings. The van der Waals surface area contributed by atoms with Crippen LogP contribution in [0.25, 0.3) is 0 Å². The molecular formula is C25H23ClO5. The average Bonchev–Trinajstić information content (AvgIpc) is 2.77. The third-order valence-electron chi connectivity index (χ3n) is 4.49. The average molecular weight is 439 g/mol. The van der Waals surface area contributed by atoms with Gasteiger partial charge in [0.15, 0.2) is 6.61 Å². The van der Waals surface area contributed by atoms with Gasteiger partial charge in [-0.1, -0.05) is 41.9 Å². The molecule has 0 spiro atoms. The van der Waals surface area contributed by atoms with Gasteiger partial charge < -0.3 is 14.2 Å². The van der Waals surface area contributed by atoms with Gasteiger partial charge >= 0.3 is 11.9 Å². The zero-order valence-corrected chi connectivity index (χ0v) is 17.9. The van der Waals surface area contributed by atoms with Crippen LogP contribution >= 0.6 is 11.6 Å². The highest BCUT2D eigenvalue weighted by atomic mass is 35.5. The zero-order valence-electron chi connectivity index (χ0n) is 17.2. The fourth-order valence-corrected chi connectivity index (χ4v) is 3.13. The number of aryl methyl sites for hydroxylation is 2. The van der Waals surface area contributed by atoms with E-state index in [4.69, 9.17) is 25.8 Å². The Morgan fingerprint density at radius 2 is 1.68 bits per heavy atom. The summed E-state index contributed by atoms with van der Waals surface area (Å²) in [5, 5.41) is 0.599. The summed E-state index contributed by atoms with van der Waals surface area (Å²) in [6.45, 7) is 1.94. The Morgan fingerprint density at radius 1 is 0.935 bits per heavy atom. The molecule has 160 valence electrons. The molecule has 0 aliphatic carbocycles. The van der Waals surface area contributed by atoms with Crippen LogP contribution in [0.5, 0.6) is 11.5 Å². The first kappa shape index (κ1) is 22.4. The SMILES string of the molecule is Cc1cc(Cl)ccc1OCC(=O)Oc1ccc(C(=O)OCCCc2ccccc2)cc1. The Morgan fingerprint density at radius 3 is 2.39 bits per heavy atom. The van der Waals surface area contributed by atoms with Crippen molar-refractivity contribution in [3.8, 4) is 11.5 Å². The number of rotatable bonds is 9. The largest absolute Gasteiger partial charge is 0.482 e. The van der Waals surface area contributed by atoms with Gasteiger partial charge in [0.05, 0.1) is 12.2 Å². The molecule has 6 heteroatoms. The van der Waals surface area contributed by atoms with Gasteiger partial charge in [-0.25, -0.2) is 9.59 Å². The summed E-state index contributed by atoms with van der Waals surface area (Å²) >= 11 is 5.90. The van der Waals surface area contributed by atoms with Gasteiger partial charge in [-0.3, -0.25) is 0 Å². The van der Waals surface area contributed by atoms with Crippen LogP contribution in [0.4, 0.5) is 0 Å². The fourth-order valence-electron chi connectivity index (χ4n) is 2.90. The second-order valence-corrected chi connectivity index (χ2v) is 7.36. The van der Waals surface area contributed by atoms with Crippen molar-refractivity contribution in [2.75, 3.05) is 13.2 Å². The van der Waals surface area contributed by atoms with Crippen molar-refractivity contribution in [1.82, 2.24) is 0 Å². The van der Waals surface area contributed by atoms with Crippen LogP contribution in [0.3, 0.4) is 0 Å². The quantitative estimate of drug-likeness (QED) is 0.253. The lowest BCUT2D eigenvalue weighted by Crippen LogP contribution is -2.18. The molecule has 5 nitrogen and oxygen atoms in total. The van der Waals surface area contributed by atoms with Gasteiger partial charge in [-0.05, 0) is 73.4 Å². The molecule has 0 aromatic heterocycles. The molecular weight excluding hydrogens is 416 g/mol. The highest BCUT2D eigenvalue weighted by Gasteiger charge is 2.11. The van der Waals surface area contributed by atoms with Crippen molar-refractivity contribution in [2.45, 2.75) is 19.8 Å². The smallest absolute Gasteiger partial charge is 0.349 e. The molecule has 0 atom stereocenters. The van der Waals surface area contributed by atoms with Gasteiger partial charge in [0.25, 0.3) is 0 Å². The molecule has 0 amide bonds. The van der Waals surface area contributed by atoms with Crippen LogP contribution in [-0.4, -0.2) is 25.2 Å². The lowest BCUT2D eigenvalue weighted by atomic mass is 10.1. The van der Waals surface area contributed by atoms with E-state index in [2.05, 4.69) is 0 Å². The number of hydrogen-bond donors (Lipinski definition) is 0. The molecule has 0 unspecified atom stereocenters. The van der Waals surface area contributed by atoms with E-state index in [1.54, 1.807) is 42.5 Å². The van der Waals surface area contributed by atoms with Gasteiger partial charge in [0, 0.05) is 5.02 Å². The van der Waals surface area contributed by atoms with E-state index < -0.39 is 11.9 Å². The normalized spacial score (nSPS) is 10.4. The van der Waals surface area contributed by atoms with E-state index in [0.717, 1.165) is 18.4 Å². The molecule has 0 bridgehead atoms. The molecule has 3 aromatic rings. The fraction of sp³-hybridized carbons (Fsp3) is 0.200. The summed E-state index contributed by atoms with van der Waals surface area (Å²) in [6.07, 6.45) is 1.60. The first-order valence-electron chi connectivity index (χ1n) is 9.92. The first-order chi connectivity index (χ1) is 15.0. The zero-order chi connectivity index (χ0) is 22.1. The molecule has 31 heavy (non-hydrogen) atoms. The standard InChI is InChI=1S/C25H23ClO5/c1-18-16-21(26)11-14-23(18)30-17-24(27)31-22-12-9-20(10-13-22)25(28)29-15-5-8-19-6-3-2-4-7-19/h2-4,6-7,9-14,16H,5,8,15,17H2,1H3. The Labute approximate surface area is 186 Å². The predicted molar refractivity (Wildman–Crippen MR) is 119 cm³/mol. The Kier molecular flexibility index (Phi) is 8.07. The minimum absolute atomic E-state index is 0.242. The van der Waals surface area contributed by atoms with Crippen LogP contribution in [0, 0.1) is 6.92 Å². The lowest BCUT2D eigenvalue weighted by molar-refractivity contribution is -0.136. The van der Waals surface area contributed by atoms with E-state index in [1.165, 1.54) is 5.56 Å². The van der Waals surface area contributed by atoms with E-state index in [1.807, 2.05) is 37.3 Å². The molecule has 0 radical (unpaired) electrons. The lowest BCUT2D eigenvalue weighted by Gasteiger charge is -2.09. The van der Waals surface area contributed by atoms with Crippen molar-refractivity contribution in [3.63, 3.8) is 0 Å². The Hall–Kier alpha value is -3.31. The van der Waals surface area contributed by atoms with Crippen molar-refractivity contribution in [1.29, 1.82) is 0 Å². The number of carbonyl (C=O) groups is 2. The maximum atomic E-state index is 12.1. The molecule has 0 saturated heterocycles. The predicted octanol–water partition coefficient (Wildman–Crippen LogP) is 5.42. The van der Waals surface area contributed by atoms with Gasteiger partial charge in [0.2, 0.25) is 0 Å². The van der Waals surface area contributed by atoms with Gasteiger partial charge in [0.1, 0.15) is 11.5 Å². The highest BCUT2D eigenvalue weighted by Crippen LogP contribution is 2.22. The first-order valence-corrected chi connectivity index (χ1v) is 10.3. The second-order valence-electron chi connectivity index (χ2n) is 6.92. The summed E-state index contributed by atoms with van der Waals surface area (Å²) in [4.78, 5) is 24.2. The summed E-state index contributed by atoms with van der Waals surface area (Å²) in [6, 6.07) is 21.4. The van der Waals surface area contributed by atoms with E-state index in [0.29, 0.717) is 28.7 Å². The van der Waals surface area contributed by atoms with Crippen molar-refractivity contribution >= 4 is 23.5 Å². The van der Waals surface area contributed by atoms with Crippen molar-refractivity contribution in [2.24, 2.45) is 0 Å². The summed E-state index contributed by atoms with van der Waals surface area (Å²) < 4.78 is 16.0. The van der Waals surface area contributed by atoms with Crippen LogP contribution < -0.4 is 9.47 Å². The molecule has 3 rings (SSSR count). The van der Waals surface area contributed by atoms with E-state index in [-0.39, 0.29) is 6.61 Å². The van der Waals surface area contributed by atoms with Crippen molar-refractivity contribution in [3.05, 3.63) is 94.5 Å². The van der Waals surface area contributed by atoms with Gasteiger partial charge in [-0.2, -0.15) is 0 Å². The minimum atomic E-state index is -0.550. The number of hydrogen-bond acceptors (Lipinski definition) is 5. The summed E-state index contributed by atoms with van der Waals surface area (Å²) in [7, 11) is 0. The molecule has 0 fully saturated rings. The number of halogens is 1. The molecule has 0 aliphatic heterocycles. The number of carbonyl (C=O) groups excluding carboxylic acids is 2. The topological polar surface area (TPSA) is 61.8 Å². The molecule has 3 aromatic carbocycles. The van der Waals surface area contributed by atoms with Crippen molar-refractivity contribution < 1.29 is 23.8 Å². The molecule has 0 heterocycles. The third-order valence-corrected chi connectivity index (χ3v) is 4.73. The van der Waals surface area contributed by atoms with E-state index in [9.17, 15) is 9.59 Å².